The maximum atomic E-state index is 11.0. The van der Waals surface area contributed by atoms with Crippen molar-refractivity contribution < 1.29 is 14.8 Å². The Morgan fingerprint density at radius 3 is 2.67 bits per heavy atom. The van der Waals surface area contributed by atoms with Gasteiger partial charge in [-0.25, -0.2) is 9.78 Å². The highest BCUT2D eigenvalue weighted by Crippen LogP contribution is 2.28. The van der Waals surface area contributed by atoms with Gasteiger partial charge in [-0.05, 0) is 31.2 Å². The van der Waals surface area contributed by atoms with Gasteiger partial charge in [0, 0.05) is 17.4 Å². The molecular weight excluding hydrogens is 298 g/mol. The van der Waals surface area contributed by atoms with E-state index < -0.39 is 10.9 Å². The van der Waals surface area contributed by atoms with E-state index in [1.807, 2.05) is 0 Å². The van der Waals surface area contributed by atoms with Crippen LogP contribution in [0.2, 0.25) is 5.02 Å². The SMILES string of the molecule is Cc1ccc([N+](=O)[O-])c(Nc2ccc(C(=O)O)c(Cl)c2)n1. The Bertz CT molecular complexity index is 733. The van der Waals surface area contributed by atoms with E-state index in [4.69, 9.17) is 16.7 Å². The molecule has 2 aromatic rings. The lowest BCUT2D eigenvalue weighted by Gasteiger charge is -2.08. The Hall–Kier alpha value is -2.67. The molecule has 0 aliphatic carbocycles. The van der Waals surface area contributed by atoms with E-state index in [9.17, 15) is 14.9 Å². The first-order valence-electron chi connectivity index (χ1n) is 5.80. The Labute approximate surface area is 124 Å². The van der Waals surface area contributed by atoms with Crippen LogP contribution in [-0.2, 0) is 0 Å². The Morgan fingerprint density at radius 2 is 2.10 bits per heavy atom. The number of carboxylic acids is 1. The van der Waals surface area contributed by atoms with E-state index in [1.54, 1.807) is 6.92 Å². The third kappa shape index (κ3) is 3.26. The molecule has 0 saturated carbocycles. The molecule has 0 radical (unpaired) electrons. The van der Waals surface area contributed by atoms with Gasteiger partial charge in [-0.2, -0.15) is 0 Å². The number of nitro groups is 1. The molecule has 0 unspecified atom stereocenters. The molecule has 0 bridgehead atoms. The predicted octanol–water partition coefficient (Wildman–Crippen LogP) is 3.39. The zero-order chi connectivity index (χ0) is 15.6. The number of aromatic nitrogens is 1. The first kappa shape index (κ1) is 14.7. The topological polar surface area (TPSA) is 105 Å². The van der Waals surface area contributed by atoms with Crippen LogP contribution in [0, 0.1) is 17.0 Å². The highest BCUT2D eigenvalue weighted by Gasteiger charge is 2.16. The van der Waals surface area contributed by atoms with Crippen molar-refractivity contribution in [1.82, 2.24) is 4.98 Å². The molecule has 0 aliphatic rings. The minimum Gasteiger partial charge on any atom is -0.478 e. The second kappa shape index (κ2) is 5.76. The van der Waals surface area contributed by atoms with Gasteiger partial charge in [0.25, 0.3) is 0 Å². The third-order valence-corrected chi connectivity index (χ3v) is 2.98. The van der Waals surface area contributed by atoms with Crippen molar-refractivity contribution in [3.63, 3.8) is 0 Å². The molecule has 1 aromatic carbocycles. The number of benzene rings is 1. The molecule has 0 fully saturated rings. The van der Waals surface area contributed by atoms with E-state index in [-0.39, 0.29) is 22.1 Å². The average Bonchev–Trinajstić information content (AvgIpc) is 2.37. The van der Waals surface area contributed by atoms with Crippen molar-refractivity contribution in [1.29, 1.82) is 0 Å². The van der Waals surface area contributed by atoms with E-state index >= 15 is 0 Å². The van der Waals surface area contributed by atoms with Crippen LogP contribution in [0.5, 0.6) is 0 Å². The van der Waals surface area contributed by atoms with E-state index in [2.05, 4.69) is 10.3 Å². The molecule has 7 nitrogen and oxygen atoms in total. The number of pyridine rings is 1. The Balaban J connectivity index is 2.38. The van der Waals surface area contributed by atoms with E-state index in [0.29, 0.717) is 11.4 Å². The third-order valence-electron chi connectivity index (χ3n) is 2.67. The summed E-state index contributed by atoms with van der Waals surface area (Å²) < 4.78 is 0. The highest BCUT2D eigenvalue weighted by atomic mass is 35.5. The van der Waals surface area contributed by atoms with Crippen LogP contribution in [0.3, 0.4) is 0 Å². The van der Waals surface area contributed by atoms with Crippen LogP contribution in [-0.4, -0.2) is 21.0 Å². The van der Waals surface area contributed by atoms with Crippen molar-refractivity contribution in [2.24, 2.45) is 0 Å². The van der Waals surface area contributed by atoms with Crippen molar-refractivity contribution in [2.45, 2.75) is 6.92 Å². The number of hydrogen-bond acceptors (Lipinski definition) is 5. The molecule has 2 N–H and O–H groups in total. The number of aromatic carboxylic acids is 1. The van der Waals surface area contributed by atoms with Crippen LogP contribution in [0.1, 0.15) is 16.1 Å². The standard InChI is InChI=1S/C13H10ClN3O4/c1-7-2-5-11(17(20)21)12(15-7)16-8-3-4-9(13(18)19)10(14)6-8/h2-6H,1H3,(H,15,16)(H,18,19). The number of rotatable bonds is 4. The average molecular weight is 308 g/mol. The molecule has 0 spiro atoms. The van der Waals surface area contributed by atoms with Gasteiger partial charge in [-0.3, -0.25) is 10.1 Å². The zero-order valence-electron chi connectivity index (χ0n) is 10.8. The van der Waals surface area contributed by atoms with Crippen molar-refractivity contribution in [3.8, 4) is 0 Å². The van der Waals surface area contributed by atoms with Crippen LogP contribution >= 0.6 is 11.6 Å². The van der Waals surface area contributed by atoms with Crippen LogP contribution in [0.25, 0.3) is 0 Å². The smallest absolute Gasteiger partial charge is 0.337 e. The number of nitrogens with one attached hydrogen (secondary N) is 1. The molecule has 2 rings (SSSR count). The number of carboxylic acid groups (broad SMARTS) is 1. The Kier molecular flexibility index (Phi) is 4.04. The van der Waals surface area contributed by atoms with Crippen LogP contribution in [0.15, 0.2) is 30.3 Å². The molecule has 108 valence electrons. The summed E-state index contributed by atoms with van der Waals surface area (Å²) in [5.41, 5.74) is 0.788. The van der Waals surface area contributed by atoms with Gasteiger partial charge in [0.15, 0.2) is 0 Å². The summed E-state index contributed by atoms with van der Waals surface area (Å²) in [5, 5.41) is 22.7. The number of halogens is 1. The molecule has 0 atom stereocenters. The molecule has 0 amide bonds. The van der Waals surface area contributed by atoms with Gasteiger partial charge in [0.1, 0.15) is 0 Å². The zero-order valence-corrected chi connectivity index (χ0v) is 11.6. The summed E-state index contributed by atoms with van der Waals surface area (Å²) in [7, 11) is 0. The molecule has 0 saturated heterocycles. The number of carbonyl (C=O) groups is 1. The van der Waals surface area contributed by atoms with Crippen molar-refractivity contribution >= 4 is 34.8 Å². The largest absolute Gasteiger partial charge is 0.478 e. The summed E-state index contributed by atoms with van der Waals surface area (Å²) in [6, 6.07) is 7.03. The number of hydrogen-bond donors (Lipinski definition) is 2. The number of anilines is 2. The normalized spacial score (nSPS) is 10.2. The van der Waals surface area contributed by atoms with E-state index in [1.165, 1.54) is 30.3 Å². The maximum Gasteiger partial charge on any atom is 0.337 e. The minimum atomic E-state index is -1.15. The second-order valence-corrected chi connectivity index (χ2v) is 4.61. The fraction of sp³-hybridized carbons (Fsp3) is 0.0769. The van der Waals surface area contributed by atoms with Crippen molar-refractivity contribution in [3.05, 3.63) is 56.7 Å². The lowest BCUT2D eigenvalue weighted by atomic mass is 10.2. The summed E-state index contributed by atoms with van der Waals surface area (Å²) >= 11 is 5.85. The predicted molar refractivity (Wildman–Crippen MR) is 77.3 cm³/mol. The molecule has 21 heavy (non-hydrogen) atoms. The minimum absolute atomic E-state index is 0.0304. The summed E-state index contributed by atoms with van der Waals surface area (Å²) in [5.74, 6) is -1.08. The molecular formula is C13H10ClN3O4. The lowest BCUT2D eigenvalue weighted by molar-refractivity contribution is -0.384. The number of nitrogens with zero attached hydrogens (tertiary/aromatic N) is 2. The molecule has 8 heteroatoms. The van der Waals surface area contributed by atoms with Gasteiger partial charge >= 0.3 is 11.7 Å². The quantitative estimate of drug-likeness (QED) is 0.662. The number of aryl methyl sites for hydroxylation is 1. The maximum absolute atomic E-state index is 11.0. The monoisotopic (exact) mass is 307 g/mol. The van der Waals surface area contributed by atoms with Crippen LogP contribution < -0.4 is 5.32 Å². The summed E-state index contributed by atoms with van der Waals surface area (Å²) in [6.45, 7) is 1.70. The molecule has 0 aliphatic heterocycles. The first-order valence-corrected chi connectivity index (χ1v) is 6.18. The van der Waals surface area contributed by atoms with Gasteiger partial charge in [-0.1, -0.05) is 11.6 Å². The summed E-state index contributed by atoms with van der Waals surface area (Å²) in [4.78, 5) is 25.3. The molecule has 1 heterocycles. The van der Waals surface area contributed by atoms with Gasteiger partial charge < -0.3 is 10.4 Å². The van der Waals surface area contributed by atoms with Crippen molar-refractivity contribution in [2.75, 3.05) is 5.32 Å². The first-order chi connectivity index (χ1) is 9.88. The molecule has 1 aromatic heterocycles. The van der Waals surface area contributed by atoms with Crippen LogP contribution in [0.4, 0.5) is 17.2 Å². The van der Waals surface area contributed by atoms with E-state index in [0.717, 1.165) is 0 Å². The van der Waals surface area contributed by atoms with Gasteiger partial charge in [0.2, 0.25) is 5.82 Å². The fourth-order valence-electron chi connectivity index (χ4n) is 1.69. The lowest BCUT2D eigenvalue weighted by Crippen LogP contribution is -2.02. The van der Waals surface area contributed by atoms with Gasteiger partial charge in [0.05, 0.1) is 15.5 Å². The highest BCUT2D eigenvalue weighted by molar-refractivity contribution is 6.33. The summed E-state index contributed by atoms with van der Waals surface area (Å²) in [6.07, 6.45) is 0. The fourth-order valence-corrected chi connectivity index (χ4v) is 1.95. The van der Waals surface area contributed by atoms with Gasteiger partial charge in [-0.15, -0.1) is 0 Å². The second-order valence-electron chi connectivity index (χ2n) is 4.20. The Morgan fingerprint density at radius 1 is 1.38 bits per heavy atom.